The summed E-state index contributed by atoms with van der Waals surface area (Å²) in [5.41, 5.74) is 5.72. The minimum absolute atomic E-state index is 0.476. The lowest BCUT2D eigenvalue weighted by Crippen LogP contribution is -2.25. The van der Waals surface area contributed by atoms with Gasteiger partial charge in [-0.3, -0.25) is 0 Å². The Morgan fingerprint density at radius 1 is 1.11 bits per heavy atom. The van der Waals surface area contributed by atoms with Crippen molar-refractivity contribution in [1.82, 2.24) is 5.32 Å². The van der Waals surface area contributed by atoms with Crippen molar-refractivity contribution in [2.45, 2.75) is 59.3 Å². The molecule has 1 aromatic rings. The Morgan fingerprint density at radius 3 is 2.16 bits per heavy atom. The van der Waals surface area contributed by atoms with E-state index in [1.54, 1.807) is 0 Å². The highest BCUT2D eigenvalue weighted by molar-refractivity contribution is 7.99. The third-order valence-electron chi connectivity index (χ3n) is 3.66. The lowest BCUT2D eigenvalue weighted by Gasteiger charge is -2.24. The van der Waals surface area contributed by atoms with Crippen molar-refractivity contribution in [1.29, 1.82) is 0 Å². The Balaban J connectivity index is 2.92. The highest BCUT2D eigenvalue weighted by atomic mass is 32.2. The molecule has 2 unspecified atom stereocenters. The van der Waals surface area contributed by atoms with Crippen molar-refractivity contribution >= 4 is 11.8 Å². The zero-order chi connectivity index (χ0) is 14.4. The van der Waals surface area contributed by atoms with E-state index in [1.165, 1.54) is 28.7 Å². The van der Waals surface area contributed by atoms with E-state index in [0.717, 1.165) is 17.5 Å². The third kappa shape index (κ3) is 4.85. The molecule has 0 aliphatic carbocycles. The van der Waals surface area contributed by atoms with Gasteiger partial charge in [0.25, 0.3) is 0 Å². The summed E-state index contributed by atoms with van der Waals surface area (Å²) in [7, 11) is 0. The van der Waals surface area contributed by atoms with Gasteiger partial charge in [-0.2, -0.15) is 11.8 Å². The van der Waals surface area contributed by atoms with Crippen LogP contribution >= 0.6 is 11.8 Å². The summed E-state index contributed by atoms with van der Waals surface area (Å²) in [6, 6.07) is 5.09. The average molecular weight is 279 g/mol. The normalized spacial score (nSPS) is 14.4. The second kappa shape index (κ2) is 7.96. The van der Waals surface area contributed by atoms with Crippen LogP contribution < -0.4 is 5.32 Å². The van der Waals surface area contributed by atoms with Crippen LogP contribution in [-0.4, -0.2) is 17.5 Å². The van der Waals surface area contributed by atoms with Gasteiger partial charge in [0.15, 0.2) is 0 Å². The van der Waals surface area contributed by atoms with E-state index in [-0.39, 0.29) is 0 Å². The average Bonchev–Trinajstić information content (AvgIpc) is 2.34. The minimum Gasteiger partial charge on any atom is -0.309 e. The molecular formula is C17H29NS. The molecule has 0 heterocycles. The van der Waals surface area contributed by atoms with Gasteiger partial charge in [0, 0.05) is 17.0 Å². The molecule has 1 nitrogen and oxygen atoms in total. The molecule has 0 aliphatic rings. The molecule has 19 heavy (non-hydrogen) atoms. The highest BCUT2D eigenvalue weighted by Gasteiger charge is 2.16. The van der Waals surface area contributed by atoms with E-state index in [4.69, 9.17) is 0 Å². The highest BCUT2D eigenvalue weighted by Crippen LogP contribution is 2.28. The van der Waals surface area contributed by atoms with Gasteiger partial charge < -0.3 is 5.32 Å². The molecule has 0 aliphatic heterocycles. The third-order valence-corrected chi connectivity index (χ3v) is 5.09. The number of benzene rings is 1. The van der Waals surface area contributed by atoms with E-state index in [2.05, 4.69) is 70.8 Å². The van der Waals surface area contributed by atoms with Crippen LogP contribution in [0.2, 0.25) is 0 Å². The summed E-state index contributed by atoms with van der Waals surface area (Å²) in [6.45, 7) is 14.5. The molecule has 0 fully saturated rings. The number of hydrogen-bond acceptors (Lipinski definition) is 2. The van der Waals surface area contributed by atoms with Gasteiger partial charge in [0.2, 0.25) is 0 Å². The minimum atomic E-state index is 0.476. The second-order valence-corrected chi connectivity index (χ2v) is 6.95. The number of thioether (sulfide) groups is 1. The van der Waals surface area contributed by atoms with E-state index in [1.807, 2.05) is 0 Å². The molecule has 1 aromatic carbocycles. The van der Waals surface area contributed by atoms with Crippen LogP contribution in [0.5, 0.6) is 0 Å². The molecular weight excluding hydrogens is 250 g/mol. The molecule has 0 saturated heterocycles. The maximum atomic E-state index is 3.66. The Labute approximate surface area is 123 Å². The molecule has 108 valence electrons. The first-order chi connectivity index (χ1) is 8.99. The fourth-order valence-electron chi connectivity index (χ4n) is 2.61. The Bertz CT molecular complexity index is 377. The van der Waals surface area contributed by atoms with Crippen LogP contribution in [0.1, 0.15) is 55.5 Å². The number of nitrogens with one attached hydrogen (secondary N) is 1. The van der Waals surface area contributed by atoms with Gasteiger partial charge in [-0.25, -0.2) is 0 Å². The standard InChI is InChI=1S/C17H29NS/c1-7-15(6)19-11-16(18-8-2)17-13(4)9-12(3)10-14(17)5/h9-10,15-16,18H,7-8,11H2,1-6H3. The van der Waals surface area contributed by atoms with Crippen molar-refractivity contribution in [2.24, 2.45) is 0 Å². The second-order valence-electron chi connectivity index (χ2n) is 5.47. The summed E-state index contributed by atoms with van der Waals surface area (Å²) >= 11 is 2.08. The van der Waals surface area contributed by atoms with E-state index >= 15 is 0 Å². The molecule has 0 bridgehead atoms. The predicted molar refractivity (Wildman–Crippen MR) is 89.3 cm³/mol. The maximum Gasteiger partial charge on any atom is 0.0417 e. The van der Waals surface area contributed by atoms with Crippen molar-refractivity contribution in [3.05, 3.63) is 34.4 Å². The molecule has 0 aromatic heterocycles. The van der Waals surface area contributed by atoms with Crippen LogP contribution in [0.15, 0.2) is 12.1 Å². The van der Waals surface area contributed by atoms with E-state index in [9.17, 15) is 0 Å². The Morgan fingerprint density at radius 2 is 1.68 bits per heavy atom. The number of rotatable bonds is 7. The quantitative estimate of drug-likeness (QED) is 0.770. The fraction of sp³-hybridized carbons (Fsp3) is 0.647. The van der Waals surface area contributed by atoms with Crippen LogP contribution in [0.4, 0.5) is 0 Å². The lowest BCUT2D eigenvalue weighted by atomic mass is 9.95. The molecule has 0 amide bonds. The van der Waals surface area contributed by atoms with E-state index in [0.29, 0.717) is 6.04 Å². The van der Waals surface area contributed by atoms with Crippen LogP contribution in [0.25, 0.3) is 0 Å². The fourth-order valence-corrected chi connectivity index (χ4v) is 3.65. The zero-order valence-electron chi connectivity index (χ0n) is 13.3. The van der Waals surface area contributed by atoms with Gasteiger partial charge in [0.05, 0.1) is 0 Å². The zero-order valence-corrected chi connectivity index (χ0v) is 14.2. The topological polar surface area (TPSA) is 12.0 Å². The van der Waals surface area contributed by atoms with Crippen LogP contribution in [-0.2, 0) is 0 Å². The summed E-state index contributed by atoms with van der Waals surface area (Å²) in [4.78, 5) is 0. The van der Waals surface area contributed by atoms with Crippen molar-refractivity contribution in [2.75, 3.05) is 12.3 Å². The predicted octanol–water partition coefficient (Wildman–Crippen LogP) is 4.79. The van der Waals surface area contributed by atoms with Gasteiger partial charge in [-0.15, -0.1) is 0 Å². The Hall–Kier alpha value is -0.470. The molecule has 0 spiro atoms. The van der Waals surface area contributed by atoms with Gasteiger partial charge in [0.1, 0.15) is 0 Å². The molecule has 1 N–H and O–H groups in total. The Kier molecular flexibility index (Phi) is 6.95. The van der Waals surface area contributed by atoms with E-state index < -0.39 is 0 Å². The van der Waals surface area contributed by atoms with Crippen molar-refractivity contribution in [3.63, 3.8) is 0 Å². The number of aryl methyl sites for hydroxylation is 3. The summed E-state index contributed by atoms with van der Waals surface area (Å²) < 4.78 is 0. The van der Waals surface area contributed by atoms with Gasteiger partial charge in [-0.05, 0) is 50.4 Å². The lowest BCUT2D eigenvalue weighted by molar-refractivity contribution is 0.599. The molecule has 2 heteroatoms. The first kappa shape index (κ1) is 16.6. The first-order valence-electron chi connectivity index (χ1n) is 7.42. The molecule has 2 atom stereocenters. The largest absolute Gasteiger partial charge is 0.309 e. The summed E-state index contributed by atoms with van der Waals surface area (Å²) in [5, 5.41) is 4.40. The van der Waals surface area contributed by atoms with Crippen LogP contribution in [0.3, 0.4) is 0 Å². The van der Waals surface area contributed by atoms with Crippen molar-refractivity contribution in [3.8, 4) is 0 Å². The van der Waals surface area contributed by atoms with Crippen LogP contribution in [0, 0.1) is 20.8 Å². The smallest absolute Gasteiger partial charge is 0.0417 e. The molecule has 0 radical (unpaired) electrons. The summed E-state index contributed by atoms with van der Waals surface area (Å²) in [6.07, 6.45) is 1.25. The van der Waals surface area contributed by atoms with Gasteiger partial charge >= 0.3 is 0 Å². The number of hydrogen-bond donors (Lipinski definition) is 1. The maximum absolute atomic E-state index is 3.66. The first-order valence-corrected chi connectivity index (χ1v) is 8.47. The SMILES string of the molecule is CCNC(CSC(C)CC)c1c(C)cc(C)cc1C. The van der Waals surface area contributed by atoms with Gasteiger partial charge in [-0.1, -0.05) is 38.5 Å². The monoisotopic (exact) mass is 279 g/mol. The summed E-state index contributed by atoms with van der Waals surface area (Å²) in [5.74, 6) is 1.16. The molecule has 1 rings (SSSR count). The molecule has 0 saturated carbocycles. The van der Waals surface area contributed by atoms with Crippen molar-refractivity contribution < 1.29 is 0 Å².